The van der Waals surface area contributed by atoms with E-state index in [0.29, 0.717) is 22.9 Å². The molecule has 0 aliphatic heterocycles. The fourth-order valence-corrected chi connectivity index (χ4v) is 2.96. The highest BCUT2D eigenvalue weighted by Gasteiger charge is 2.18. The van der Waals surface area contributed by atoms with Gasteiger partial charge in [0, 0.05) is 18.2 Å². The quantitative estimate of drug-likeness (QED) is 0.661. The van der Waals surface area contributed by atoms with Gasteiger partial charge >= 0.3 is 0 Å². The Morgan fingerprint density at radius 1 is 0.966 bits per heavy atom. The lowest BCUT2D eigenvalue weighted by Gasteiger charge is -2.14. The topological polar surface area (TPSA) is 87.5 Å². The van der Waals surface area contributed by atoms with Gasteiger partial charge in [-0.15, -0.1) is 5.10 Å². The number of methoxy groups -OCH3 is 3. The zero-order valence-electron chi connectivity index (χ0n) is 17.1. The monoisotopic (exact) mass is 396 g/mol. The fraction of sp³-hybridized carbons (Fsp3) is 0.286. The van der Waals surface area contributed by atoms with E-state index in [1.54, 1.807) is 38.1 Å². The van der Waals surface area contributed by atoms with Gasteiger partial charge in [-0.3, -0.25) is 4.79 Å². The second kappa shape index (κ2) is 8.64. The largest absolute Gasteiger partial charge is 0.496 e. The molecule has 0 saturated carbocycles. The standard InChI is InChI=1S/C21H24N4O4/c1-13-6-8-16(9-7-13)25-14(2)20(23-24-25)21(26)22-12-15-10-18(28-4)19(29-5)11-17(15)27-3/h6-11H,12H2,1-5H3,(H,22,26). The van der Waals surface area contributed by atoms with Gasteiger partial charge in [0.15, 0.2) is 17.2 Å². The zero-order chi connectivity index (χ0) is 21.0. The Kier molecular flexibility index (Phi) is 6.01. The molecule has 152 valence electrons. The molecule has 29 heavy (non-hydrogen) atoms. The van der Waals surface area contributed by atoms with Gasteiger partial charge in [0.25, 0.3) is 5.91 Å². The number of benzene rings is 2. The third-order valence-corrected chi connectivity index (χ3v) is 4.61. The molecule has 0 unspecified atom stereocenters. The molecule has 0 spiro atoms. The average Bonchev–Trinajstić information content (AvgIpc) is 3.13. The van der Waals surface area contributed by atoms with E-state index >= 15 is 0 Å². The van der Waals surface area contributed by atoms with Gasteiger partial charge in [-0.25, -0.2) is 4.68 Å². The van der Waals surface area contributed by atoms with Gasteiger partial charge < -0.3 is 19.5 Å². The fourth-order valence-electron chi connectivity index (χ4n) is 2.96. The van der Waals surface area contributed by atoms with E-state index in [1.807, 2.05) is 38.1 Å². The van der Waals surface area contributed by atoms with Crippen LogP contribution in [-0.2, 0) is 6.54 Å². The second-order valence-corrected chi connectivity index (χ2v) is 6.47. The molecule has 0 atom stereocenters. The predicted molar refractivity (Wildman–Crippen MR) is 108 cm³/mol. The van der Waals surface area contributed by atoms with E-state index in [2.05, 4.69) is 15.6 Å². The van der Waals surface area contributed by atoms with Crippen LogP contribution in [0.5, 0.6) is 17.2 Å². The summed E-state index contributed by atoms with van der Waals surface area (Å²) in [4.78, 5) is 12.7. The van der Waals surface area contributed by atoms with E-state index in [0.717, 1.165) is 16.8 Å². The number of hydrogen-bond acceptors (Lipinski definition) is 6. The Hall–Kier alpha value is -3.55. The molecule has 8 nitrogen and oxygen atoms in total. The molecule has 3 aromatic rings. The second-order valence-electron chi connectivity index (χ2n) is 6.47. The molecular formula is C21H24N4O4. The smallest absolute Gasteiger partial charge is 0.274 e. The van der Waals surface area contributed by atoms with Crippen molar-refractivity contribution in [1.82, 2.24) is 20.3 Å². The number of amides is 1. The summed E-state index contributed by atoms with van der Waals surface area (Å²) in [6.07, 6.45) is 0. The van der Waals surface area contributed by atoms with Crippen LogP contribution in [0, 0.1) is 13.8 Å². The lowest BCUT2D eigenvalue weighted by molar-refractivity contribution is 0.0945. The Morgan fingerprint density at radius 3 is 2.21 bits per heavy atom. The van der Waals surface area contributed by atoms with Gasteiger partial charge in [0.2, 0.25) is 0 Å². The summed E-state index contributed by atoms with van der Waals surface area (Å²) in [6, 6.07) is 11.3. The summed E-state index contributed by atoms with van der Waals surface area (Å²) in [5, 5.41) is 11.0. The predicted octanol–water partition coefficient (Wildman–Crippen LogP) is 2.84. The van der Waals surface area contributed by atoms with Crippen LogP contribution in [0.15, 0.2) is 36.4 Å². The third-order valence-electron chi connectivity index (χ3n) is 4.61. The molecule has 0 aliphatic rings. The summed E-state index contributed by atoms with van der Waals surface area (Å²) in [5.41, 5.74) is 3.67. The van der Waals surface area contributed by atoms with Crippen LogP contribution in [0.2, 0.25) is 0 Å². The Balaban J connectivity index is 1.79. The van der Waals surface area contributed by atoms with Crippen LogP contribution in [0.1, 0.15) is 27.3 Å². The maximum Gasteiger partial charge on any atom is 0.274 e. The van der Waals surface area contributed by atoms with Crippen molar-refractivity contribution in [1.29, 1.82) is 0 Å². The van der Waals surface area contributed by atoms with Crippen molar-refractivity contribution in [2.45, 2.75) is 20.4 Å². The van der Waals surface area contributed by atoms with E-state index < -0.39 is 0 Å². The lowest BCUT2D eigenvalue weighted by Crippen LogP contribution is -2.24. The number of aryl methyl sites for hydroxylation is 1. The molecule has 0 saturated heterocycles. The number of rotatable bonds is 7. The van der Waals surface area contributed by atoms with Crippen LogP contribution >= 0.6 is 0 Å². The van der Waals surface area contributed by atoms with Crippen LogP contribution in [-0.4, -0.2) is 42.2 Å². The van der Waals surface area contributed by atoms with E-state index in [1.165, 1.54) is 0 Å². The summed E-state index contributed by atoms with van der Waals surface area (Å²) >= 11 is 0. The molecular weight excluding hydrogens is 372 g/mol. The van der Waals surface area contributed by atoms with Crippen LogP contribution in [0.3, 0.4) is 0 Å². The number of nitrogens with one attached hydrogen (secondary N) is 1. The van der Waals surface area contributed by atoms with Crippen LogP contribution < -0.4 is 19.5 Å². The maximum absolute atomic E-state index is 12.7. The number of nitrogens with zero attached hydrogens (tertiary/aromatic N) is 3. The first-order valence-electron chi connectivity index (χ1n) is 9.05. The summed E-state index contributed by atoms with van der Waals surface area (Å²) in [5.74, 6) is 1.37. The van der Waals surface area contributed by atoms with Gasteiger partial charge in [0.1, 0.15) is 5.75 Å². The summed E-state index contributed by atoms with van der Waals surface area (Å²) < 4.78 is 17.7. The minimum absolute atomic E-state index is 0.235. The van der Waals surface area contributed by atoms with Gasteiger partial charge in [-0.05, 0) is 32.0 Å². The minimum Gasteiger partial charge on any atom is -0.496 e. The molecule has 0 aliphatic carbocycles. The molecule has 1 amide bonds. The number of aromatic nitrogens is 3. The van der Waals surface area contributed by atoms with Crippen molar-refractivity contribution in [3.05, 3.63) is 58.9 Å². The summed E-state index contributed by atoms with van der Waals surface area (Å²) in [7, 11) is 4.67. The van der Waals surface area contributed by atoms with Gasteiger partial charge in [-0.2, -0.15) is 0 Å². The molecule has 0 fully saturated rings. The highest BCUT2D eigenvalue weighted by Crippen LogP contribution is 2.34. The number of hydrogen-bond donors (Lipinski definition) is 1. The molecule has 2 aromatic carbocycles. The first-order valence-corrected chi connectivity index (χ1v) is 9.05. The van der Waals surface area contributed by atoms with E-state index in [-0.39, 0.29) is 18.1 Å². The van der Waals surface area contributed by atoms with Crippen molar-refractivity contribution in [2.75, 3.05) is 21.3 Å². The molecule has 1 aromatic heterocycles. The highest BCUT2D eigenvalue weighted by atomic mass is 16.5. The SMILES string of the molecule is COc1cc(OC)c(OC)cc1CNC(=O)c1nnn(-c2ccc(C)cc2)c1C. The van der Waals surface area contributed by atoms with Crippen LogP contribution in [0.25, 0.3) is 5.69 Å². The van der Waals surface area contributed by atoms with Crippen molar-refractivity contribution < 1.29 is 19.0 Å². The number of carbonyl (C=O) groups is 1. The van der Waals surface area contributed by atoms with E-state index in [9.17, 15) is 4.79 Å². The molecule has 8 heteroatoms. The first-order chi connectivity index (χ1) is 14.0. The molecule has 3 rings (SSSR count). The van der Waals surface area contributed by atoms with Crippen LogP contribution in [0.4, 0.5) is 0 Å². The Labute approximate surface area is 169 Å². The summed E-state index contributed by atoms with van der Waals surface area (Å²) in [6.45, 7) is 4.06. The third kappa shape index (κ3) is 4.16. The van der Waals surface area contributed by atoms with Crippen molar-refractivity contribution in [3.8, 4) is 22.9 Å². The highest BCUT2D eigenvalue weighted by molar-refractivity contribution is 5.93. The number of carbonyl (C=O) groups excluding carboxylic acids is 1. The molecule has 0 bridgehead atoms. The normalized spacial score (nSPS) is 10.5. The van der Waals surface area contributed by atoms with Gasteiger partial charge in [-0.1, -0.05) is 22.9 Å². The van der Waals surface area contributed by atoms with Gasteiger partial charge in [0.05, 0.1) is 32.7 Å². The Bertz CT molecular complexity index is 1010. The molecule has 1 N–H and O–H groups in total. The lowest BCUT2D eigenvalue weighted by atomic mass is 10.1. The first kappa shape index (κ1) is 20.2. The molecule has 0 radical (unpaired) electrons. The average molecular weight is 396 g/mol. The molecule has 1 heterocycles. The van der Waals surface area contributed by atoms with Crippen molar-refractivity contribution >= 4 is 5.91 Å². The van der Waals surface area contributed by atoms with Crippen molar-refractivity contribution in [2.24, 2.45) is 0 Å². The number of ether oxygens (including phenoxy) is 3. The van der Waals surface area contributed by atoms with E-state index in [4.69, 9.17) is 14.2 Å². The zero-order valence-corrected chi connectivity index (χ0v) is 17.1. The Morgan fingerprint density at radius 2 is 1.59 bits per heavy atom. The van der Waals surface area contributed by atoms with Crippen molar-refractivity contribution in [3.63, 3.8) is 0 Å². The maximum atomic E-state index is 12.7. The minimum atomic E-state index is -0.322.